The van der Waals surface area contributed by atoms with E-state index in [-0.39, 0.29) is 23.5 Å². The van der Waals surface area contributed by atoms with Crippen LogP contribution >= 0.6 is 0 Å². The Morgan fingerprint density at radius 1 is 0.905 bits per heavy atom. The fourth-order valence-corrected chi connectivity index (χ4v) is 6.92. The third-order valence-electron chi connectivity index (χ3n) is 9.12. The Bertz CT molecular complexity index is 1460. The van der Waals surface area contributed by atoms with Gasteiger partial charge >= 0.3 is 5.97 Å². The summed E-state index contributed by atoms with van der Waals surface area (Å²) >= 11 is 0. The SMILES string of the molecule is C[C@@H]1CN(C(Cc2ccc3ccccc3c2)C(=O)O)C[C@H](C)N1C(=O)[C@@H]1CN(C(C)(C)C)C[C@H]1c1ccc(F)cc1F. The monoisotopic (exact) mass is 577 g/mol. The zero-order valence-corrected chi connectivity index (χ0v) is 25.1. The summed E-state index contributed by atoms with van der Waals surface area (Å²) in [6.07, 6.45) is 0.364. The smallest absolute Gasteiger partial charge is 0.321 e. The molecule has 5 rings (SSSR count). The number of halogens is 2. The minimum atomic E-state index is -0.884. The number of rotatable bonds is 6. The highest BCUT2D eigenvalue weighted by Gasteiger charge is 2.47. The first-order valence-electron chi connectivity index (χ1n) is 14.8. The van der Waals surface area contributed by atoms with Crippen LogP contribution in [0.5, 0.6) is 0 Å². The maximum absolute atomic E-state index is 15.0. The molecule has 0 saturated carbocycles. The molecule has 3 aromatic carbocycles. The number of hydrogen-bond donors (Lipinski definition) is 1. The molecule has 2 saturated heterocycles. The van der Waals surface area contributed by atoms with Gasteiger partial charge in [-0.25, -0.2) is 8.78 Å². The third kappa shape index (κ3) is 6.06. The Kier molecular flexibility index (Phi) is 8.41. The van der Waals surface area contributed by atoms with Gasteiger partial charge in [0.15, 0.2) is 0 Å². The van der Waals surface area contributed by atoms with Gasteiger partial charge in [-0.15, -0.1) is 0 Å². The summed E-state index contributed by atoms with van der Waals surface area (Å²) in [6.45, 7) is 12.0. The Morgan fingerprint density at radius 3 is 2.19 bits per heavy atom. The normalized spacial score (nSPS) is 24.7. The van der Waals surface area contributed by atoms with Crippen LogP contribution in [0, 0.1) is 17.6 Å². The summed E-state index contributed by atoms with van der Waals surface area (Å²) in [5.74, 6) is -3.11. The molecule has 0 spiro atoms. The Balaban J connectivity index is 1.36. The van der Waals surface area contributed by atoms with Gasteiger partial charge < -0.3 is 10.0 Å². The van der Waals surface area contributed by atoms with Gasteiger partial charge in [0.1, 0.15) is 17.7 Å². The fraction of sp³-hybridized carbons (Fsp3) is 0.471. The lowest BCUT2D eigenvalue weighted by molar-refractivity contribution is -0.149. The van der Waals surface area contributed by atoms with Crippen LogP contribution in [-0.4, -0.2) is 81.5 Å². The maximum Gasteiger partial charge on any atom is 0.321 e. The Morgan fingerprint density at radius 2 is 1.57 bits per heavy atom. The van der Waals surface area contributed by atoms with E-state index < -0.39 is 35.5 Å². The van der Waals surface area contributed by atoms with Gasteiger partial charge in [-0.2, -0.15) is 0 Å². The second kappa shape index (κ2) is 11.7. The van der Waals surface area contributed by atoms with E-state index >= 15 is 0 Å². The van der Waals surface area contributed by atoms with Gasteiger partial charge in [0.2, 0.25) is 5.91 Å². The van der Waals surface area contributed by atoms with E-state index in [1.165, 1.54) is 12.1 Å². The lowest BCUT2D eigenvalue weighted by atomic mass is 9.86. The van der Waals surface area contributed by atoms with E-state index in [0.717, 1.165) is 22.4 Å². The second-order valence-corrected chi connectivity index (χ2v) is 13.1. The quantitative estimate of drug-likeness (QED) is 0.416. The van der Waals surface area contributed by atoms with E-state index in [2.05, 4.69) is 25.7 Å². The van der Waals surface area contributed by atoms with Gasteiger partial charge in [-0.05, 0) is 69.0 Å². The average Bonchev–Trinajstić information content (AvgIpc) is 3.37. The standard InChI is InChI=1S/C34H41F2N3O3/c1-21-17-37(31(33(41)42)15-23-10-11-24-8-6-7-9-25(24)14-23)18-22(2)39(21)32(40)29-20-38(34(3,4)5)19-28(29)27-13-12-26(35)16-30(27)36/h6-14,16,21-22,28-29,31H,15,17-20H2,1-5H3,(H,41,42)/t21-,22+,28-,29+,31?/m0/s1. The molecule has 8 heteroatoms. The van der Waals surface area contributed by atoms with Crippen molar-refractivity contribution in [2.75, 3.05) is 26.2 Å². The first-order valence-corrected chi connectivity index (χ1v) is 14.8. The van der Waals surface area contributed by atoms with Crippen molar-refractivity contribution in [3.8, 4) is 0 Å². The minimum absolute atomic E-state index is 0.0588. The zero-order valence-electron chi connectivity index (χ0n) is 25.1. The first kappa shape index (κ1) is 30.1. The molecule has 5 atom stereocenters. The van der Waals surface area contributed by atoms with Gasteiger partial charge in [0.25, 0.3) is 0 Å². The molecule has 0 bridgehead atoms. The molecule has 6 nitrogen and oxygen atoms in total. The predicted molar refractivity (Wildman–Crippen MR) is 160 cm³/mol. The second-order valence-electron chi connectivity index (χ2n) is 13.1. The zero-order chi connectivity index (χ0) is 30.3. The lowest BCUT2D eigenvalue weighted by Crippen LogP contribution is -2.63. The number of carbonyl (C=O) groups is 2. The number of carbonyl (C=O) groups excluding carboxylic acids is 1. The molecule has 3 aromatic rings. The third-order valence-corrected chi connectivity index (χ3v) is 9.12. The number of nitrogens with zero attached hydrogens (tertiary/aromatic N) is 3. The Labute approximate surface area is 246 Å². The van der Waals surface area contributed by atoms with Crippen LogP contribution in [0.15, 0.2) is 60.7 Å². The number of piperazine rings is 1. The molecule has 1 unspecified atom stereocenters. The van der Waals surface area contributed by atoms with E-state index in [1.807, 2.05) is 66.1 Å². The van der Waals surface area contributed by atoms with Crippen molar-refractivity contribution in [2.45, 2.75) is 70.6 Å². The number of likely N-dealkylation sites (tertiary alicyclic amines) is 1. The lowest BCUT2D eigenvalue weighted by Gasteiger charge is -2.47. The molecule has 0 aliphatic carbocycles. The molecule has 42 heavy (non-hydrogen) atoms. The summed E-state index contributed by atoms with van der Waals surface area (Å²) in [5.41, 5.74) is 1.09. The average molecular weight is 578 g/mol. The number of fused-ring (bicyclic) bond motifs is 1. The molecule has 1 amide bonds. The number of benzene rings is 3. The predicted octanol–water partition coefficient (Wildman–Crippen LogP) is 5.55. The number of carboxylic acids is 1. The summed E-state index contributed by atoms with van der Waals surface area (Å²) in [4.78, 5) is 32.8. The van der Waals surface area contributed by atoms with Crippen LogP contribution in [0.3, 0.4) is 0 Å². The van der Waals surface area contributed by atoms with Gasteiger partial charge in [-0.3, -0.25) is 19.4 Å². The summed E-state index contributed by atoms with van der Waals surface area (Å²) < 4.78 is 28.7. The highest BCUT2D eigenvalue weighted by Crippen LogP contribution is 2.39. The van der Waals surface area contributed by atoms with Gasteiger partial charge in [0, 0.05) is 55.8 Å². The molecule has 2 heterocycles. The van der Waals surface area contributed by atoms with E-state index in [4.69, 9.17) is 0 Å². The first-order chi connectivity index (χ1) is 19.8. The van der Waals surface area contributed by atoms with Crippen molar-refractivity contribution in [3.63, 3.8) is 0 Å². The summed E-state index contributed by atoms with van der Waals surface area (Å²) in [5, 5.41) is 12.4. The van der Waals surface area contributed by atoms with E-state index in [9.17, 15) is 23.5 Å². The summed E-state index contributed by atoms with van der Waals surface area (Å²) in [6, 6.07) is 16.5. The largest absolute Gasteiger partial charge is 0.480 e. The number of amides is 1. The van der Waals surface area contributed by atoms with Crippen molar-refractivity contribution < 1.29 is 23.5 Å². The van der Waals surface area contributed by atoms with Crippen LogP contribution in [0.2, 0.25) is 0 Å². The van der Waals surface area contributed by atoms with Crippen molar-refractivity contribution in [1.29, 1.82) is 0 Å². The minimum Gasteiger partial charge on any atom is -0.480 e. The van der Waals surface area contributed by atoms with E-state index in [1.54, 1.807) is 0 Å². The molecular weight excluding hydrogens is 536 g/mol. The number of carboxylic acid groups (broad SMARTS) is 1. The van der Waals surface area contributed by atoms with Crippen molar-refractivity contribution >= 4 is 22.6 Å². The van der Waals surface area contributed by atoms with Gasteiger partial charge in [0.05, 0.1) is 5.92 Å². The topological polar surface area (TPSA) is 64.1 Å². The molecule has 2 aliphatic rings. The van der Waals surface area contributed by atoms with Crippen LogP contribution in [-0.2, 0) is 16.0 Å². The van der Waals surface area contributed by atoms with E-state index in [0.29, 0.717) is 38.2 Å². The molecule has 224 valence electrons. The summed E-state index contributed by atoms with van der Waals surface area (Å²) in [7, 11) is 0. The fourth-order valence-electron chi connectivity index (χ4n) is 6.92. The maximum atomic E-state index is 15.0. The van der Waals surface area contributed by atoms with Gasteiger partial charge in [-0.1, -0.05) is 48.5 Å². The van der Waals surface area contributed by atoms with Crippen molar-refractivity contribution in [3.05, 3.63) is 83.4 Å². The van der Waals surface area contributed by atoms with Crippen LogP contribution in [0.25, 0.3) is 10.8 Å². The van der Waals surface area contributed by atoms with Crippen LogP contribution in [0.4, 0.5) is 8.78 Å². The molecule has 1 N–H and O–H groups in total. The van der Waals surface area contributed by atoms with Crippen molar-refractivity contribution in [2.24, 2.45) is 5.92 Å². The molecule has 2 aliphatic heterocycles. The highest BCUT2D eigenvalue weighted by molar-refractivity contribution is 5.83. The van der Waals surface area contributed by atoms with Crippen molar-refractivity contribution in [1.82, 2.24) is 14.7 Å². The number of aliphatic carboxylic acids is 1. The number of hydrogen-bond acceptors (Lipinski definition) is 4. The van der Waals surface area contributed by atoms with Crippen LogP contribution < -0.4 is 0 Å². The van der Waals surface area contributed by atoms with Crippen LogP contribution in [0.1, 0.15) is 51.7 Å². The Hall–Kier alpha value is -3.36. The molecule has 0 radical (unpaired) electrons. The molecule has 2 fully saturated rings. The molecule has 0 aromatic heterocycles. The highest BCUT2D eigenvalue weighted by atomic mass is 19.1. The molecular formula is C34H41F2N3O3.